The Balaban J connectivity index is 0.847. The van der Waals surface area contributed by atoms with Crippen LogP contribution in [0.15, 0.2) is 109 Å². The molecule has 2 aromatic heterocycles. The van der Waals surface area contributed by atoms with Crippen molar-refractivity contribution in [3.63, 3.8) is 0 Å². The number of ether oxygens (including phenoxy) is 9. The van der Waals surface area contributed by atoms with Gasteiger partial charge in [-0.25, -0.2) is 24.2 Å². The van der Waals surface area contributed by atoms with E-state index in [1.165, 1.54) is 16.8 Å². The van der Waals surface area contributed by atoms with Gasteiger partial charge in [-0.05, 0) is 96.3 Å². The summed E-state index contributed by atoms with van der Waals surface area (Å²) in [5, 5.41) is 30.3. The molecule has 0 spiro atoms. The van der Waals surface area contributed by atoms with E-state index in [1.54, 1.807) is 102 Å². The number of nitrogens with one attached hydrogen (secondary N) is 4. The predicted octanol–water partition coefficient (Wildman–Crippen LogP) is 6.19. The summed E-state index contributed by atoms with van der Waals surface area (Å²) in [7, 11) is 1.49. The summed E-state index contributed by atoms with van der Waals surface area (Å²) in [5.41, 5.74) is 9.56. The minimum absolute atomic E-state index is 0.000263. The monoisotopic (exact) mass is 1510 g/mol. The van der Waals surface area contributed by atoms with Gasteiger partial charge in [0.1, 0.15) is 42.7 Å². The number of amides is 10. The summed E-state index contributed by atoms with van der Waals surface area (Å²) < 4.78 is 51.6. The number of rotatable bonds is 44. The normalized spacial score (nSPS) is 13.7. The molecule has 10 amide bonds. The maximum Gasteiger partial charge on any atom is 0.415 e. The number of hydrogen-bond acceptors (Lipinski definition) is 22. The molecule has 0 unspecified atom stereocenters. The number of carbonyl (C=O) groups is 10. The first-order valence-corrected chi connectivity index (χ1v) is 35.5. The number of imide groups is 1. The highest BCUT2D eigenvalue weighted by Crippen LogP contribution is 2.47. The van der Waals surface area contributed by atoms with Crippen molar-refractivity contribution in [1.29, 1.82) is 0 Å². The number of halogens is 1. The van der Waals surface area contributed by atoms with Crippen molar-refractivity contribution >= 4 is 105 Å². The SMILES string of the molecule is Cc1cccc2c(OC(=O)N(CCOCCO)CCN(C)C(=O)OCc3ccc(NC(=O)[C@H](CCCNC(N)=O)CC(=O)[C@@H](NC(=O)OCCOCCN4C(=O)C=CC4=O)C(C)C)cc3)cc3c(c12)[C@H](CCl)CN3C(=O)c1cn2cc(NC(=O)c3ccc(OCCOCCOCCOCCO)cc3)ccc2n1. The van der Waals surface area contributed by atoms with Gasteiger partial charge in [0.25, 0.3) is 23.6 Å². The van der Waals surface area contributed by atoms with Crippen LogP contribution in [0, 0.1) is 18.8 Å². The molecule has 33 heteroatoms. The lowest BCUT2D eigenvalue weighted by Gasteiger charge is -2.26. The molecule has 4 heterocycles. The van der Waals surface area contributed by atoms with Crippen LogP contribution in [0.2, 0.25) is 0 Å². The van der Waals surface area contributed by atoms with Crippen molar-refractivity contribution in [3.8, 4) is 11.5 Å². The Morgan fingerprint density at radius 3 is 2.07 bits per heavy atom. The van der Waals surface area contributed by atoms with Crippen molar-refractivity contribution in [2.24, 2.45) is 17.6 Å². The zero-order chi connectivity index (χ0) is 76.8. The average Bonchev–Trinajstić information content (AvgIpc) is 1.61. The van der Waals surface area contributed by atoms with E-state index in [2.05, 4.69) is 26.3 Å². The molecule has 0 aliphatic carbocycles. The number of pyridine rings is 1. The number of imidazole rings is 1. The first-order chi connectivity index (χ1) is 51.7. The largest absolute Gasteiger partial charge is 0.491 e. The molecule has 107 heavy (non-hydrogen) atoms. The summed E-state index contributed by atoms with van der Waals surface area (Å²) in [6, 6.07) is 21.8. The Hall–Kier alpha value is -10.3. The zero-order valence-corrected chi connectivity index (χ0v) is 60.9. The molecular formula is C74H92ClN11O21. The maximum atomic E-state index is 14.8. The number of aromatic nitrogens is 2. The molecule has 2 aliphatic heterocycles. The molecule has 2 aliphatic rings. The van der Waals surface area contributed by atoms with E-state index in [4.69, 9.17) is 65.1 Å². The topological polar surface area (TPSA) is 399 Å². The van der Waals surface area contributed by atoms with E-state index in [1.807, 2.05) is 25.1 Å². The van der Waals surface area contributed by atoms with Crippen molar-refractivity contribution in [2.75, 3.05) is 160 Å². The van der Waals surface area contributed by atoms with Crippen molar-refractivity contribution < 1.29 is 101 Å². The fourth-order valence-electron chi connectivity index (χ4n) is 11.6. The average molecular weight is 1510 g/mol. The highest BCUT2D eigenvalue weighted by atomic mass is 35.5. The molecule has 0 bridgehead atoms. The molecule has 0 saturated carbocycles. The van der Waals surface area contributed by atoms with Crippen LogP contribution < -0.4 is 41.4 Å². The molecule has 4 aromatic carbocycles. The molecule has 32 nitrogen and oxygen atoms in total. The number of aliphatic hydroxyl groups excluding tert-OH is 2. The molecule has 3 atom stereocenters. The minimum Gasteiger partial charge on any atom is -0.491 e. The van der Waals surface area contributed by atoms with Crippen molar-refractivity contribution in [2.45, 2.75) is 58.6 Å². The van der Waals surface area contributed by atoms with Gasteiger partial charge in [-0.15, -0.1) is 11.6 Å². The Bertz CT molecular complexity index is 4050. The summed E-state index contributed by atoms with van der Waals surface area (Å²) in [5.74, 6) is -3.54. The quantitative estimate of drug-likeness (QED) is 0.0127. The standard InChI is InChI=1S/C74H92ClN11O21/c1-48(2)67(81-72(96)105-40-38-100-30-26-85-63(90)20-21-64(85)91)60(89)41-52(8-6-22-77-71(76)95)69(93)78-54-14-10-50(11-15-54)47-106-73(97)82(4)23-24-83(25-29-99-31-27-87)74(98)107-61-42-59-66(65-49(3)7-5-9-57(61)65)53(43-75)44-86(59)70(94)58-46-84-45-55(16-19-62(84)80-58)79-68(92)51-12-17-56(18-13-51)104-39-37-103-36-35-102-34-33-101-32-28-88/h5,7,9-21,42,45-46,48,52-53,67,87-88H,6,8,22-41,43-44,47H2,1-4H3,(H,78,93)(H,79,92)(H,81,96)(H3,76,77,95)/t52-,53-,67+/m1/s1. The second-order valence-electron chi connectivity index (χ2n) is 25.2. The molecule has 6 aromatic rings. The Morgan fingerprint density at radius 1 is 0.729 bits per heavy atom. The predicted molar refractivity (Wildman–Crippen MR) is 392 cm³/mol. The number of carbonyl (C=O) groups excluding carboxylic acids is 10. The smallest absolute Gasteiger partial charge is 0.415 e. The van der Waals surface area contributed by atoms with E-state index in [0.29, 0.717) is 78.0 Å². The number of likely N-dealkylation sites (N-methyl/N-ethyl adjacent to an activating group) is 1. The molecule has 8 N–H and O–H groups in total. The number of nitrogens with two attached hydrogens (primary N) is 1. The van der Waals surface area contributed by atoms with Gasteiger partial charge in [0.2, 0.25) is 5.91 Å². The lowest BCUT2D eigenvalue weighted by Crippen LogP contribution is -2.46. The highest BCUT2D eigenvalue weighted by Gasteiger charge is 2.38. The van der Waals surface area contributed by atoms with Crippen LogP contribution in [0.1, 0.15) is 76.6 Å². The number of benzene rings is 4. The van der Waals surface area contributed by atoms with E-state index >= 15 is 0 Å². The first-order valence-electron chi connectivity index (χ1n) is 35.0. The van der Waals surface area contributed by atoms with Gasteiger partial charge in [-0.3, -0.25) is 33.7 Å². The number of primary amides is 1. The van der Waals surface area contributed by atoms with Gasteiger partial charge in [0.05, 0.1) is 103 Å². The summed E-state index contributed by atoms with van der Waals surface area (Å²) in [6.07, 6.45) is 3.22. The fourth-order valence-corrected chi connectivity index (χ4v) is 11.9. The van der Waals surface area contributed by atoms with Gasteiger partial charge in [0.15, 0.2) is 5.78 Å². The van der Waals surface area contributed by atoms with Crippen LogP contribution in [-0.4, -0.2) is 245 Å². The maximum absolute atomic E-state index is 14.8. The van der Waals surface area contributed by atoms with Gasteiger partial charge in [-0.2, -0.15) is 0 Å². The fraction of sp³-hybridized carbons (Fsp3) is 0.446. The van der Waals surface area contributed by atoms with Crippen LogP contribution in [0.5, 0.6) is 11.5 Å². The number of aliphatic hydroxyl groups is 2. The van der Waals surface area contributed by atoms with Gasteiger partial charge in [-0.1, -0.05) is 44.2 Å². The summed E-state index contributed by atoms with van der Waals surface area (Å²) >= 11 is 6.70. The summed E-state index contributed by atoms with van der Waals surface area (Å²) in [6.45, 7) is 7.25. The molecule has 576 valence electrons. The Kier molecular flexibility index (Phi) is 32.4. The molecule has 0 radical (unpaired) electrons. The van der Waals surface area contributed by atoms with Crippen molar-refractivity contribution in [3.05, 3.63) is 137 Å². The number of anilines is 3. The van der Waals surface area contributed by atoms with E-state index in [-0.39, 0.29) is 154 Å². The lowest BCUT2D eigenvalue weighted by atomic mass is 9.89. The Labute approximate surface area is 622 Å². The number of hydrogen-bond donors (Lipinski definition) is 7. The molecule has 0 saturated heterocycles. The van der Waals surface area contributed by atoms with Gasteiger partial charge < -0.3 is 98.9 Å². The van der Waals surface area contributed by atoms with E-state index in [0.717, 1.165) is 33.6 Å². The minimum atomic E-state index is -1.04. The number of alkyl halides is 1. The first kappa shape index (κ1) is 82.3. The number of alkyl carbamates (subject to hydrolysis) is 1. The molecular weight excluding hydrogens is 1410 g/mol. The number of aryl methyl sites for hydroxylation is 1. The summed E-state index contributed by atoms with van der Waals surface area (Å²) in [4.78, 5) is 141. The van der Waals surface area contributed by atoms with Crippen LogP contribution in [0.25, 0.3) is 16.4 Å². The number of urea groups is 1. The second-order valence-corrected chi connectivity index (χ2v) is 25.5. The van der Waals surface area contributed by atoms with E-state index in [9.17, 15) is 53.1 Å². The van der Waals surface area contributed by atoms with Gasteiger partial charge in [0, 0.05) is 111 Å². The van der Waals surface area contributed by atoms with Crippen LogP contribution in [0.3, 0.4) is 0 Å². The van der Waals surface area contributed by atoms with Crippen LogP contribution in [0.4, 0.5) is 36.2 Å². The third kappa shape index (κ3) is 24.6. The van der Waals surface area contributed by atoms with Gasteiger partial charge >= 0.3 is 24.3 Å². The number of Topliss-reactive ketones (excluding diaryl/α,β-unsaturated/α-hetero) is 1. The second kappa shape index (κ2) is 42.1. The van der Waals surface area contributed by atoms with Crippen molar-refractivity contribution in [1.82, 2.24) is 34.7 Å². The van der Waals surface area contributed by atoms with Crippen LogP contribution in [-0.2, 0) is 58.9 Å². The third-order valence-electron chi connectivity index (χ3n) is 17.2. The number of nitrogens with zero attached hydrogens (tertiary/aromatic N) is 6. The number of fused-ring (bicyclic) bond motifs is 4. The zero-order valence-electron chi connectivity index (χ0n) is 60.2. The molecule has 8 rings (SSSR count). The van der Waals surface area contributed by atoms with Crippen LogP contribution >= 0.6 is 11.6 Å². The molecule has 0 fully saturated rings. The lowest BCUT2D eigenvalue weighted by molar-refractivity contribution is -0.137. The van der Waals surface area contributed by atoms with E-state index < -0.39 is 71.6 Å². The number of ketones is 1. The Morgan fingerprint density at radius 2 is 1.39 bits per heavy atom. The third-order valence-corrected chi connectivity index (χ3v) is 17.5. The highest BCUT2D eigenvalue weighted by molar-refractivity contribution is 6.19.